The van der Waals surface area contributed by atoms with Crippen LogP contribution in [0.25, 0.3) is 0 Å². The van der Waals surface area contributed by atoms with Gasteiger partial charge in [-0.15, -0.1) is 0 Å². The summed E-state index contributed by atoms with van der Waals surface area (Å²) in [4.78, 5) is 0. The van der Waals surface area contributed by atoms with E-state index in [1.165, 1.54) is 0 Å². The van der Waals surface area contributed by atoms with Crippen molar-refractivity contribution in [1.29, 1.82) is 0 Å². The van der Waals surface area contributed by atoms with Gasteiger partial charge in [0, 0.05) is 20.3 Å². The second-order valence-corrected chi connectivity index (χ2v) is 5.30. The fraction of sp³-hybridized carbons (Fsp3) is 1.00. The Morgan fingerprint density at radius 2 is 1.87 bits per heavy atom. The van der Waals surface area contributed by atoms with Crippen LogP contribution in [0.1, 0.15) is 19.3 Å². The van der Waals surface area contributed by atoms with Crippen LogP contribution in [-0.4, -0.2) is 48.0 Å². The Kier molecular flexibility index (Phi) is 8.98. The van der Waals surface area contributed by atoms with Crippen LogP contribution in [0.3, 0.4) is 0 Å². The molecular weight excluding hydrogens is 216 g/mol. The lowest BCUT2D eigenvalue weighted by atomic mass is 10.3. The molecule has 0 aromatic carbocycles. The molecule has 0 atom stereocenters. The zero-order valence-electron chi connectivity index (χ0n) is 9.58. The van der Waals surface area contributed by atoms with Gasteiger partial charge in [-0.2, -0.15) is 0 Å². The topological polar surface area (TPSA) is 67.4 Å². The molecule has 15 heavy (non-hydrogen) atoms. The number of methoxy groups -OCH3 is 1. The maximum atomic E-state index is 11.4. The average molecular weight is 238 g/mol. The van der Waals surface area contributed by atoms with Crippen LogP contribution < -0.4 is 10.0 Å². The largest absolute Gasteiger partial charge is 0.385 e. The minimum Gasteiger partial charge on any atom is -0.385 e. The Balaban J connectivity index is 3.50. The van der Waals surface area contributed by atoms with Crippen LogP contribution >= 0.6 is 0 Å². The van der Waals surface area contributed by atoms with Crippen LogP contribution in [0.4, 0.5) is 0 Å². The number of hydrogen-bond acceptors (Lipinski definition) is 4. The second kappa shape index (κ2) is 9.08. The maximum Gasteiger partial charge on any atom is 0.211 e. The van der Waals surface area contributed by atoms with Gasteiger partial charge in [-0.1, -0.05) is 0 Å². The van der Waals surface area contributed by atoms with Crippen LogP contribution in [0, 0.1) is 0 Å². The van der Waals surface area contributed by atoms with Crippen molar-refractivity contribution in [3.8, 4) is 0 Å². The molecule has 0 saturated heterocycles. The Hall–Kier alpha value is -0.170. The van der Waals surface area contributed by atoms with Crippen molar-refractivity contribution in [3.05, 3.63) is 0 Å². The molecule has 0 aliphatic rings. The molecule has 0 amide bonds. The Morgan fingerprint density at radius 1 is 1.13 bits per heavy atom. The minimum atomic E-state index is -3.08. The summed E-state index contributed by atoms with van der Waals surface area (Å²) >= 11 is 0. The molecule has 0 radical (unpaired) electrons. The summed E-state index contributed by atoms with van der Waals surface area (Å²) in [6.07, 6.45) is 2.29. The number of ether oxygens (including phenoxy) is 1. The zero-order valence-corrected chi connectivity index (χ0v) is 10.4. The molecule has 0 rings (SSSR count). The summed E-state index contributed by atoms with van der Waals surface area (Å²) in [6.45, 7) is 1.91. The third kappa shape index (κ3) is 10.1. The van der Waals surface area contributed by atoms with Gasteiger partial charge in [0.25, 0.3) is 0 Å². The van der Waals surface area contributed by atoms with Crippen LogP contribution in [0.2, 0.25) is 0 Å². The maximum absolute atomic E-state index is 11.4. The van der Waals surface area contributed by atoms with E-state index in [-0.39, 0.29) is 5.75 Å². The molecule has 0 bridgehead atoms. The van der Waals surface area contributed by atoms with E-state index in [1.807, 2.05) is 7.05 Å². The lowest BCUT2D eigenvalue weighted by Crippen LogP contribution is -2.28. The number of sulfonamides is 1. The number of rotatable bonds is 10. The first kappa shape index (κ1) is 14.8. The van der Waals surface area contributed by atoms with Crippen molar-refractivity contribution >= 4 is 10.0 Å². The van der Waals surface area contributed by atoms with E-state index in [1.54, 1.807) is 7.11 Å². The van der Waals surface area contributed by atoms with E-state index in [0.29, 0.717) is 26.0 Å². The lowest BCUT2D eigenvalue weighted by Gasteiger charge is -2.06. The first-order valence-corrected chi connectivity index (χ1v) is 6.88. The molecule has 0 saturated carbocycles. The first-order valence-electron chi connectivity index (χ1n) is 5.23. The average Bonchev–Trinajstić information content (AvgIpc) is 2.20. The molecule has 0 spiro atoms. The molecule has 0 aliphatic carbocycles. The zero-order chi connectivity index (χ0) is 11.6. The summed E-state index contributed by atoms with van der Waals surface area (Å²) in [5.74, 6) is 0.210. The second-order valence-electron chi connectivity index (χ2n) is 3.37. The van der Waals surface area contributed by atoms with Gasteiger partial charge in [-0.3, -0.25) is 0 Å². The molecule has 6 heteroatoms. The molecule has 0 heterocycles. The van der Waals surface area contributed by atoms with Gasteiger partial charge in [-0.05, 0) is 32.9 Å². The molecular formula is C9H22N2O3S. The smallest absolute Gasteiger partial charge is 0.211 e. The van der Waals surface area contributed by atoms with Crippen LogP contribution in [0.15, 0.2) is 0 Å². The predicted octanol–water partition coefficient (Wildman–Crippen LogP) is -0.0581. The quantitative estimate of drug-likeness (QED) is 0.523. The number of hydrogen-bond donors (Lipinski definition) is 2. The monoisotopic (exact) mass is 238 g/mol. The number of nitrogens with one attached hydrogen (secondary N) is 2. The highest BCUT2D eigenvalue weighted by atomic mass is 32.2. The van der Waals surface area contributed by atoms with E-state index < -0.39 is 10.0 Å². The van der Waals surface area contributed by atoms with Gasteiger partial charge >= 0.3 is 0 Å². The van der Waals surface area contributed by atoms with E-state index in [9.17, 15) is 8.42 Å². The van der Waals surface area contributed by atoms with Crippen molar-refractivity contribution in [3.63, 3.8) is 0 Å². The highest BCUT2D eigenvalue weighted by molar-refractivity contribution is 7.89. The summed E-state index contributed by atoms with van der Waals surface area (Å²) < 4.78 is 30.1. The first-order chi connectivity index (χ1) is 7.12. The normalized spacial score (nSPS) is 11.9. The predicted molar refractivity (Wildman–Crippen MR) is 61.4 cm³/mol. The van der Waals surface area contributed by atoms with Gasteiger partial charge in [0.2, 0.25) is 10.0 Å². The van der Waals surface area contributed by atoms with Crippen LogP contribution in [-0.2, 0) is 14.8 Å². The summed E-state index contributed by atoms with van der Waals surface area (Å²) in [5, 5.41) is 2.98. The Morgan fingerprint density at radius 3 is 2.47 bits per heavy atom. The highest BCUT2D eigenvalue weighted by Gasteiger charge is 2.07. The lowest BCUT2D eigenvalue weighted by molar-refractivity contribution is 0.196. The van der Waals surface area contributed by atoms with E-state index in [4.69, 9.17) is 4.74 Å². The molecule has 0 aromatic rings. The third-order valence-electron chi connectivity index (χ3n) is 1.94. The van der Waals surface area contributed by atoms with Gasteiger partial charge in [0.05, 0.1) is 5.75 Å². The molecule has 0 aromatic heterocycles. The molecule has 0 fully saturated rings. The number of unbranched alkanes of at least 4 members (excludes halogenated alkanes) is 1. The van der Waals surface area contributed by atoms with Crippen molar-refractivity contribution < 1.29 is 13.2 Å². The minimum absolute atomic E-state index is 0.210. The van der Waals surface area contributed by atoms with Crippen molar-refractivity contribution in [2.24, 2.45) is 0 Å². The Labute approximate surface area is 92.6 Å². The molecule has 92 valence electrons. The molecule has 0 unspecified atom stereocenters. The molecule has 2 N–H and O–H groups in total. The summed E-state index contributed by atoms with van der Waals surface area (Å²) in [7, 11) is 0.386. The summed E-state index contributed by atoms with van der Waals surface area (Å²) in [5.41, 5.74) is 0. The third-order valence-corrected chi connectivity index (χ3v) is 3.41. The molecule has 0 aliphatic heterocycles. The highest BCUT2D eigenvalue weighted by Crippen LogP contribution is 1.93. The SMILES string of the molecule is CNCCCCS(=O)(=O)NCCCOC. The fourth-order valence-electron chi connectivity index (χ4n) is 1.11. The van der Waals surface area contributed by atoms with Gasteiger partial charge in [-0.25, -0.2) is 13.1 Å². The van der Waals surface area contributed by atoms with E-state index >= 15 is 0 Å². The van der Waals surface area contributed by atoms with Crippen molar-refractivity contribution in [2.75, 3.05) is 39.6 Å². The fourth-order valence-corrected chi connectivity index (χ4v) is 2.29. The van der Waals surface area contributed by atoms with Crippen molar-refractivity contribution in [1.82, 2.24) is 10.0 Å². The standard InChI is InChI=1S/C9H22N2O3S/c1-10-6-3-4-9-15(12,13)11-7-5-8-14-2/h10-11H,3-9H2,1-2H3. The summed E-state index contributed by atoms with van der Waals surface area (Å²) in [6, 6.07) is 0. The van der Waals surface area contributed by atoms with E-state index in [2.05, 4.69) is 10.0 Å². The Bertz CT molecular complexity index is 212. The van der Waals surface area contributed by atoms with E-state index in [0.717, 1.165) is 13.0 Å². The van der Waals surface area contributed by atoms with Crippen LogP contribution in [0.5, 0.6) is 0 Å². The van der Waals surface area contributed by atoms with Gasteiger partial charge in [0.15, 0.2) is 0 Å². The van der Waals surface area contributed by atoms with Gasteiger partial charge < -0.3 is 10.1 Å². The van der Waals surface area contributed by atoms with Crippen molar-refractivity contribution in [2.45, 2.75) is 19.3 Å². The molecule has 5 nitrogen and oxygen atoms in total. The van der Waals surface area contributed by atoms with Gasteiger partial charge in [0.1, 0.15) is 0 Å².